The molecule has 1 amide bonds. The average molecular weight is 253 g/mol. The standard InChI is InChI=1S/C14H11N3O2/c15-8-10-7-12(4-5-13(10)16)19-11-3-1-2-9(6-11)14(17)18/h1-7H,16H2,(H2,17,18). The Labute approximate surface area is 110 Å². The lowest BCUT2D eigenvalue weighted by atomic mass is 10.2. The largest absolute Gasteiger partial charge is 0.457 e. The summed E-state index contributed by atoms with van der Waals surface area (Å²) in [7, 11) is 0. The second-order valence-corrected chi connectivity index (χ2v) is 3.86. The van der Waals surface area contributed by atoms with Crippen LogP contribution in [0, 0.1) is 11.3 Å². The number of benzene rings is 2. The van der Waals surface area contributed by atoms with E-state index in [2.05, 4.69) is 0 Å². The monoisotopic (exact) mass is 253 g/mol. The summed E-state index contributed by atoms with van der Waals surface area (Å²) in [5, 5.41) is 8.88. The van der Waals surface area contributed by atoms with Crippen LogP contribution in [0.1, 0.15) is 15.9 Å². The highest BCUT2D eigenvalue weighted by molar-refractivity contribution is 5.93. The molecule has 0 fully saturated rings. The fourth-order valence-electron chi connectivity index (χ4n) is 1.54. The van der Waals surface area contributed by atoms with Gasteiger partial charge in [0.25, 0.3) is 0 Å². The van der Waals surface area contributed by atoms with E-state index in [0.717, 1.165) is 0 Å². The molecule has 0 aliphatic rings. The van der Waals surface area contributed by atoms with Crippen molar-refractivity contribution in [1.29, 1.82) is 5.26 Å². The molecule has 5 nitrogen and oxygen atoms in total. The number of carbonyl (C=O) groups excluding carboxylic acids is 1. The Morgan fingerprint density at radius 2 is 1.89 bits per heavy atom. The number of nitrogens with two attached hydrogens (primary N) is 2. The van der Waals surface area contributed by atoms with Gasteiger partial charge in [-0.15, -0.1) is 0 Å². The van der Waals surface area contributed by atoms with E-state index in [0.29, 0.717) is 28.3 Å². The highest BCUT2D eigenvalue weighted by atomic mass is 16.5. The van der Waals surface area contributed by atoms with E-state index in [-0.39, 0.29) is 0 Å². The minimum Gasteiger partial charge on any atom is -0.457 e. The van der Waals surface area contributed by atoms with Gasteiger partial charge in [0.15, 0.2) is 0 Å². The normalized spacial score (nSPS) is 9.63. The van der Waals surface area contributed by atoms with Gasteiger partial charge in [0.1, 0.15) is 17.6 Å². The first-order valence-corrected chi connectivity index (χ1v) is 5.47. The van der Waals surface area contributed by atoms with Crippen molar-refractivity contribution in [1.82, 2.24) is 0 Å². The van der Waals surface area contributed by atoms with Gasteiger partial charge in [0, 0.05) is 17.3 Å². The zero-order valence-corrected chi connectivity index (χ0v) is 9.96. The Kier molecular flexibility index (Phi) is 3.35. The van der Waals surface area contributed by atoms with Crippen molar-refractivity contribution in [3.63, 3.8) is 0 Å². The zero-order chi connectivity index (χ0) is 13.8. The Bertz CT molecular complexity index is 675. The second kappa shape index (κ2) is 5.10. The van der Waals surface area contributed by atoms with Crippen molar-refractivity contribution < 1.29 is 9.53 Å². The summed E-state index contributed by atoms with van der Waals surface area (Å²) in [5.74, 6) is 0.401. The van der Waals surface area contributed by atoms with Crippen LogP contribution in [0.25, 0.3) is 0 Å². The second-order valence-electron chi connectivity index (χ2n) is 3.86. The number of primary amides is 1. The molecule has 2 rings (SSSR count). The van der Waals surface area contributed by atoms with Crippen LogP contribution in [0.15, 0.2) is 42.5 Å². The fourth-order valence-corrected chi connectivity index (χ4v) is 1.54. The fraction of sp³-hybridized carbons (Fsp3) is 0. The van der Waals surface area contributed by atoms with Gasteiger partial charge in [-0.2, -0.15) is 5.26 Å². The number of hydrogen-bond acceptors (Lipinski definition) is 4. The highest BCUT2D eigenvalue weighted by Crippen LogP contribution is 2.25. The molecule has 0 aliphatic carbocycles. The van der Waals surface area contributed by atoms with Crippen molar-refractivity contribution in [2.24, 2.45) is 5.73 Å². The first kappa shape index (κ1) is 12.5. The smallest absolute Gasteiger partial charge is 0.248 e. The molecule has 0 saturated heterocycles. The van der Waals surface area contributed by atoms with Crippen LogP contribution in [0.2, 0.25) is 0 Å². The van der Waals surface area contributed by atoms with Gasteiger partial charge in [0.05, 0.1) is 5.56 Å². The van der Waals surface area contributed by atoms with Gasteiger partial charge in [-0.25, -0.2) is 0 Å². The Morgan fingerprint density at radius 3 is 2.58 bits per heavy atom. The van der Waals surface area contributed by atoms with E-state index >= 15 is 0 Å². The van der Waals surface area contributed by atoms with Crippen molar-refractivity contribution in [3.8, 4) is 17.6 Å². The van der Waals surface area contributed by atoms with Gasteiger partial charge in [0.2, 0.25) is 5.91 Å². The topological polar surface area (TPSA) is 102 Å². The minimum atomic E-state index is -0.527. The summed E-state index contributed by atoms with van der Waals surface area (Å²) >= 11 is 0. The highest BCUT2D eigenvalue weighted by Gasteiger charge is 2.05. The number of amides is 1. The van der Waals surface area contributed by atoms with E-state index in [4.69, 9.17) is 21.5 Å². The summed E-state index contributed by atoms with van der Waals surface area (Å²) in [5.41, 5.74) is 11.9. The number of nitrogens with zero attached hydrogens (tertiary/aromatic N) is 1. The molecule has 0 unspecified atom stereocenters. The summed E-state index contributed by atoms with van der Waals surface area (Å²) in [4.78, 5) is 11.1. The van der Waals surface area contributed by atoms with E-state index < -0.39 is 5.91 Å². The van der Waals surface area contributed by atoms with Crippen LogP contribution in [-0.4, -0.2) is 5.91 Å². The number of carbonyl (C=O) groups is 1. The Morgan fingerprint density at radius 1 is 1.16 bits per heavy atom. The number of nitriles is 1. The number of anilines is 1. The molecule has 0 aliphatic heterocycles. The van der Waals surface area contributed by atoms with Gasteiger partial charge in [-0.1, -0.05) is 6.07 Å². The van der Waals surface area contributed by atoms with Gasteiger partial charge < -0.3 is 16.2 Å². The molecule has 0 radical (unpaired) electrons. The van der Waals surface area contributed by atoms with Crippen LogP contribution in [0.5, 0.6) is 11.5 Å². The maximum atomic E-state index is 11.1. The summed E-state index contributed by atoms with van der Waals surface area (Å²) in [6.45, 7) is 0. The van der Waals surface area contributed by atoms with E-state index in [1.807, 2.05) is 6.07 Å². The number of ether oxygens (including phenoxy) is 1. The summed E-state index contributed by atoms with van der Waals surface area (Å²) < 4.78 is 5.55. The lowest BCUT2D eigenvalue weighted by Gasteiger charge is -2.07. The first-order chi connectivity index (χ1) is 9.10. The summed E-state index contributed by atoms with van der Waals surface area (Å²) in [6.07, 6.45) is 0. The molecule has 19 heavy (non-hydrogen) atoms. The Balaban J connectivity index is 2.29. The van der Waals surface area contributed by atoms with Crippen LogP contribution < -0.4 is 16.2 Å². The SMILES string of the molecule is N#Cc1cc(Oc2cccc(C(N)=O)c2)ccc1N. The molecule has 0 bridgehead atoms. The third-order valence-electron chi connectivity index (χ3n) is 2.50. The molecule has 0 aromatic heterocycles. The zero-order valence-electron chi connectivity index (χ0n) is 9.96. The van der Waals surface area contributed by atoms with Gasteiger partial charge in [-0.05, 0) is 30.3 Å². The van der Waals surface area contributed by atoms with Gasteiger partial charge >= 0.3 is 0 Å². The molecular formula is C14H11N3O2. The van der Waals surface area contributed by atoms with E-state index in [9.17, 15) is 4.79 Å². The molecule has 4 N–H and O–H groups in total. The maximum absolute atomic E-state index is 11.1. The van der Waals surface area contributed by atoms with Crippen LogP contribution >= 0.6 is 0 Å². The predicted octanol–water partition coefficient (Wildman–Crippen LogP) is 2.03. The van der Waals surface area contributed by atoms with Crippen molar-refractivity contribution in [2.75, 3.05) is 5.73 Å². The minimum absolute atomic E-state index is 0.337. The lowest BCUT2D eigenvalue weighted by molar-refractivity contribution is 0.1000. The molecule has 0 spiro atoms. The van der Waals surface area contributed by atoms with E-state index in [1.165, 1.54) is 12.1 Å². The van der Waals surface area contributed by atoms with Crippen molar-refractivity contribution in [3.05, 3.63) is 53.6 Å². The average Bonchev–Trinajstić information content (AvgIpc) is 2.41. The molecule has 2 aromatic rings. The summed E-state index contributed by atoms with van der Waals surface area (Å²) in [6, 6.07) is 13.2. The number of nitrogen functional groups attached to an aromatic ring is 1. The molecule has 0 saturated carbocycles. The quantitative estimate of drug-likeness (QED) is 0.817. The van der Waals surface area contributed by atoms with Crippen LogP contribution in [0.3, 0.4) is 0 Å². The number of hydrogen-bond donors (Lipinski definition) is 2. The molecule has 2 aromatic carbocycles. The Hall–Kier alpha value is -3.00. The molecule has 5 heteroatoms. The molecule has 0 heterocycles. The maximum Gasteiger partial charge on any atom is 0.248 e. The van der Waals surface area contributed by atoms with Crippen molar-refractivity contribution >= 4 is 11.6 Å². The first-order valence-electron chi connectivity index (χ1n) is 5.47. The van der Waals surface area contributed by atoms with Crippen LogP contribution in [-0.2, 0) is 0 Å². The molecule has 0 atom stereocenters. The number of rotatable bonds is 3. The predicted molar refractivity (Wildman–Crippen MR) is 70.6 cm³/mol. The van der Waals surface area contributed by atoms with E-state index in [1.54, 1.807) is 30.3 Å². The van der Waals surface area contributed by atoms with Gasteiger partial charge in [-0.3, -0.25) is 4.79 Å². The van der Waals surface area contributed by atoms with Crippen molar-refractivity contribution in [2.45, 2.75) is 0 Å². The van der Waals surface area contributed by atoms with Crippen LogP contribution in [0.4, 0.5) is 5.69 Å². The third kappa shape index (κ3) is 2.82. The molecule has 94 valence electrons. The lowest BCUT2D eigenvalue weighted by Crippen LogP contribution is -2.10. The molecular weight excluding hydrogens is 242 g/mol. The third-order valence-corrected chi connectivity index (χ3v) is 2.50.